The average molecular weight is 512 g/mol. The lowest BCUT2D eigenvalue weighted by molar-refractivity contribution is -0.141. The maximum atomic E-state index is 13.4. The van der Waals surface area contributed by atoms with Gasteiger partial charge in [0.25, 0.3) is 0 Å². The van der Waals surface area contributed by atoms with E-state index in [1.807, 2.05) is 6.92 Å². The van der Waals surface area contributed by atoms with E-state index >= 15 is 0 Å². The molecule has 0 fully saturated rings. The highest BCUT2D eigenvalue weighted by molar-refractivity contribution is 5.86. The fraction of sp³-hybridized carbons (Fsp3) is 0.333. The van der Waals surface area contributed by atoms with E-state index in [0.717, 1.165) is 0 Å². The van der Waals surface area contributed by atoms with Crippen molar-refractivity contribution in [3.05, 3.63) is 82.0 Å². The number of carbonyl (C=O) groups excluding carboxylic acids is 3. The Bertz CT molecular complexity index is 1290. The van der Waals surface area contributed by atoms with E-state index in [2.05, 4.69) is 5.32 Å². The number of carbonyl (C=O) groups is 3. The van der Waals surface area contributed by atoms with Crippen LogP contribution in [0.15, 0.2) is 64.0 Å². The van der Waals surface area contributed by atoms with Gasteiger partial charge in [0, 0.05) is 13.1 Å². The van der Waals surface area contributed by atoms with Gasteiger partial charge in [0.05, 0.1) is 30.4 Å². The molecule has 3 rings (SSSR count). The molecule has 196 valence electrons. The van der Waals surface area contributed by atoms with Crippen LogP contribution in [0.25, 0.3) is 11.0 Å². The topological polar surface area (TPSA) is 109 Å². The Balaban J connectivity index is 1.83. The van der Waals surface area contributed by atoms with Crippen molar-refractivity contribution in [3.63, 3.8) is 0 Å². The van der Waals surface area contributed by atoms with Crippen molar-refractivity contribution in [2.24, 2.45) is 0 Å². The minimum atomic E-state index is -0.588. The molecule has 0 saturated carbocycles. The Morgan fingerprint density at radius 1 is 1.00 bits per heavy atom. The highest BCUT2D eigenvalue weighted by atomic mass is 19.1. The Kier molecular flexibility index (Phi) is 9.76. The number of esters is 1. The van der Waals surface area contributed by atoms with Crippen molar-refractivity contribution < 1.29 is 27.9 Å². The summed E-state index contributed by atoms with van der Waals surface area (Å²) in [7, 11) is 0. The zero-order valence-electron chi connectivity index (χ0n) is 20.9. The Hall–Kier alpha value is -4.21. The second-order valence-electron chi connectivity index (χ2n) is 8.35. The number of hydrogen-bond acceptors (Lipinski definition) is 6. The molecule has 10 heteroatoms. The number of halogens is 1. The van der Waals surface area contributed by atoms with Gasteiger partial charge in [-0.3, -0.25) is 14.4 Å². The SMILES string of the molecule is CCCN(CC(=O)N(Cc1ccc(F)cc1)Cc1coc2ccccc2c1=O)C(=O)NCC(=O)OCC. The van der Waals surface area contributed by atoms with Gasteiger partial charge in [-0.1, -0.05) is 31.2 Å². The minimum absolute atomic E-state index is 0.0756. The zero-order chi connectivity index (χ0) is 26.8. The van der Waals surface area contributed by atoms with Crippen LogP contribution in [0.4, 0.5) is 9.18 Å². The number of benzene rings is 2. The third-order valence-electron chi connectivity index (χ3n) is 5.55. The molecule has 0 atom stereocenters. The zero-order valence-corrected chi connectivity index (χ0v) is 20.9. The summed E-state index contributed by atoms with van der Waals surface area (Å²) in [6.07, 6.45) is 1.90. The van der Waals surface area contributed by atoms with Crippen molar-refractivity contribution in [3.8, 4) is 0 Å². The van der Waals surface area contributed by atoms with Gasteiger partial charge in [-0.2, -0.15) is 0 Å². The molecule has 0 bridgehead atoms. The molecular formula is C27H30FN3O6. The van der Waals surface area contributed by atoms with E-state index in [1.165, 1.54) is 28.2 Å². The van der Waals surface area contributed by atoms with E-state index < -0.39 is 23.7 Å². The lowest BCUT2D eigenvalue weighted by Gasteiger charge is -2.27. The first kappa shape index (κ1) is 27.4. The third kappa shape index (κ3) is 7.63. The van der Waals surface area contributed by atoms with Crippen molar-refractivity contribution in [1.29, 1.82) is 0 Å². The van der Waals surface area contributed by atoms with Crippen LogP contribution >= 0.6 is 0 Å². The number of amides is 3. The summed E-state index contributed by atoms with van der Waals surface area (Å²) in [5.74, 6) is -1.43. The molecule has 1 N–H and O–H groups in total. The van der Waals surface area contributed by atoms with Gasteiger partial charge in [0.2, 0.25) is 5.91 Å². The summed E-state index contributed by atoms with van der Waals surface area (Å²) in [5.41, 5.74) is 1.08. The number of nitrogens with zero attached hydrogens (tertiary/aromatic N) is 2. The highest BCUT2D eigenvalue weighted by Gasteiger charge is 2.23. The van der Waals surface area contributed by atoms with Gasteiger partial charge in [-0.05, 0) is 43.2 Å². The van der Waals surface area contributed by atoms with E-state index in [1.54, 1.807) is 43.3 Å². The lowest BCUT2D eigenvalue weighted by Crippen LogP contribution is -2.48. The number of rotatable bonds is 11. The molecule has 9 nitrogen and oxygen atoms in total. The summed E-state index contributed by atoms with van der Waals surface area (Å²) < 4.78 is 23.9. The lowest BCUT2D eigenvalue weighted by atomic mass is 10.1. The molecule has 2 aromatic carbocycles. The molecule has 3 aromatic rings. The van der Waals surface area contributed by atoms with Gasteiger partial charge in [-0.25, -0.2) is 9.18 Å². The summed E-state index contributed by atoms with van der Waals surface area (Å²) >= 11 is 0. The third-order valence-corrected chi connectivity index (χ3v) is 5.55. The quantitative estimate of drug-likeness (QED) is 0.395. The Morgan fingerprint density at radius 3 is 2.43 bits per heavy atom. The predicted octanol–water partition coefficient (Wildman–Crippen LogP) is 3.45. The van der Waals surface area contributed by atoms with E-state index in [0.29, 0.717) is 23.0 Å². The first-order valence-electron chi connectivity index (χ1n) is 12.0. The standard InChI is InChI=1S/C27H30FN3O6/c1-3-13-30(27(35)29-14-25(33)36-4-2)17-24(32)31(15-19-9-11-21(28)12-10-19)16-20-18-37-23-8-6-5-7-22(23)26(20)34/h5-12,18H,3-4,13-17H2,1-2H3,(H,29,35). The number of para-hydroxylation sites is 1. The first-order chi connectivity index (χ1) is 17.8. The van der Waals surface area contributed by atoms with E-state index in [-0.39, 0.29) is 50.3 Å². The molecule has 1 aromatic heterocycles. The fourth-order valence-corrected chi connectivity index (χ4v) is 3.73. The summed E-state index contributed by atoms with van der Waals surface area (Å²) in [6, 6.07) is 11.9. The van der Waals surface area contributed by atoms with Crippen LogP contribution in [-0.4, -0.2) is 53.9 Å². The average Bonchev–Trinajstić information content (AvgIpc) is 2.89. The van der Waals surface area contributed by atoms with Crippen LogP contribution in [0.2, 0.25) is 0 Å². The number of fused-ring (bicyclic) bond motifs is 1. The summed E-state index contributed by atoms with van der Waals surface area (Å²) in [6.45, 7) is 3.36. The molecular weight excluding hydrogens is 481 g/mol. The molecule has 0 radical (unpaired) electrons. The van der Waals surface area contributed by atoms with Crippen LogP contribution in [-0.2, 0) is 27.4 Å². The van der Waals surface area contributed by atoms with Gasteiger partial charge in [0.15, 0.2) is 5.43 Å². The Morgan fingerprint density at radius 2 is 1.73 bits per heavy atom. The molecule has 0 unspecified atom stereocenters. The second-order valence-corrected chi connectivity index (χ2v) is 8.35. The molecule has 37 heavy (non-hydrogen) atoms. The van der Waals surface area contributed by atoms with Crippen molar-refractivity contribution in [2.45, 2.75) is 33.4 Å². The van der Waals surface area contributed by atoms with Crippen LogP contribution in [0, 0.1) is 5.82 Å². The predicted molar refractivity (Wildman–Crippen MR) is 135 cm³/mol. The number of ether oxygens (including phenoxy) is 1. The van der Waals surface area contributed by atoms with E-state index in [9.17, 15) is 23.6 Å². The van der Waals surface area contributed by atoms with Gasteiger partial charge in [0.1, 0.15) is 24.5 Å². The van der Waals surface area contributed by atoms with Crippen LogP contribution in [0.3, 0.4) is 0 Å². The smallest absolute Gasteiger partial charge is 0.325 e. The maximum Gasteiger partial charge on any atom is 0.325 e. The minimum Gasteiger partial charge on any atom is -0.465 e. The van der Waals surface area contributed by atoms with Gasteiger partial charge >= 0.3 is 12.0 Å². The normalized spacial score (nSPS) is 10.7. The molecule has 0 saturated heterocycles. The summed E-state index contributed by atoms with van der Waals surface area (Å²) in [5, 5.41) is 2.86. The molecule has 0 aliphatic rings. The monoisotopic (exact) mass is 511 g/mol. The fourth-order valence-electron chi connectivity index (χ4n) is 3.73. The summed E-state index contributed by atoms with van der Waals surface area (Å²) in [4.78, 5) is 53.5. The number of urea groups is 1. The van der Waals surface area contributed by atoms with Crippen LogP contribution in [0.1, 0.15) is 31.4 Å². The van der Waals surface area contributed by atoms with Crippen LogP contribution < -0.4 is 10.7 Å². The highest BCUT2D eigenvalue weighted by Crippen LogP contribution is 2.15. The first-order valence-corrected chi connectivity index (χ1v) is 12.0. The molecule has 1 heterocycles. The van der Waals surface area contributed by atoms with Gasteiger partial charge in [-0.15, -0.1) is 0 Å². The molecule has 3 amide bonds. The molecule has 0 aliphatic heterocycles. The van der Waals surface area contributed by atoms with E-state index in [4.69, 9.17) is 9.15 Å². The largest absolute Gasteiger partial charge is 0.465 e. The van der Waals surface area contributed by atoms with Crippen molar-refractivity contribution in [2.75, 3.05) is 26.2 Å². The number of nitrogens with one attached hydrogen (secondary N) is 1. The maximum absolute atomic E-state index is 13.4. The van der Waals surface area contributed by atoms with Crippen LogP contribution in [0.5, 0.6) is 0 Å². The molecule has 0 aliphatic carbocycles. The number of hydrogen-bond donors (Lipinski definition) is 1. The van der Waals surface area contributed by atoms with Gasteiger partial charge < -0.3 is 24.3 Å². The van der Waals surface area contributed by atoms with Crippen molar-refractivity contribution in [1.82, 2.24) is 15.1 Å². The van der Waals surface area contributed by atoms with Crippen molar-refractivity contribution >= 4 is 28.9 Å². The Labute approximate surface area is 213 Å². The molecule has 0 spiro atoms. The second kappa shape index (κ2) is 13.2.